The first-order valence-electron chi connectivity index (χ1n) is 10.3. The van der Waals surface area contributed by atoms with E-state index in [0.717, 1.165) is 48.9 Å². The van der Waals surface area contributed by atoms with Gasteiger partial charge in [0.1, 0.15) is 0 Å². The highest BCUT2D eigenvalue weighted by Gasteiger charge is 2.70. The van der Waals surface area contributed by atoms with E-state index in [1.165, 1.54) is 24.8 Å². The highest BCUT2D eigenvalue weighted by Crippen LogP contribution is 2.75. The lowest BCUT2D eigenvalue weighted by Crippen LogP contribution is -2.52. The highest BCUT2D eigenvalue weighted by molar-refractivity contribution is 5.91. The van der Waals surface area contributed by atoms with Crippen LogP contribution in [0.15, 0.2) is 11.6 Å². The Labute approximate surface area is 146 Å². The molecule has 10 atom stereocenters. The van der Waals surface area contributed by atoms with E-state index in [4.69, 9.17) is 0 Å². The van der Waals surface area contributed by atoms with Gasteiger partial charge in [-0.15, -0.1) is 0 Å². The van der Waals surface area contributed by atoms with E-state index in [1.807, 2.05) is 13.0 Å². The topological polar surface area (TPSA) is 37.3 Å². The molecule has 5 rings (SSSR count). The predicted octanol–water partition coefficient (Wildman–Crippen LogP) is 4.23. The first-order chi connectivity index (χ1) is 11.4. The Balaban J connectivity index is 1.51. The average Bonchev–Trinajstić information content (AvgIpc) is 3.21. The number of hydrogen-bond donors (Lipinski definition) is 1. The van der Waals surface area contributed by atoms with E-state index in [0.29, 0.717) is 29.0 Å². The number of aliphatic hydroxyl groups excluding tert-OH is 1. The van der Waals surface area contributed by atoms with E-state index in [-0.39, 0.29) is 6.10 Å². The Bertz CT molecular complexity index is 605. The number of carbonyl (C=O) groups excluding carboxylic acids is 1. The van der Waals surface area contributed by atoms with Crippen molar-refractivity contribution in [2.24, 2.45) is 52.8 Å². The zero-order valence-electron chi connectivity index (χ0n) is 15.4. The Kier molecular flexibility index (Phi) is 3.23. The first-order valence-corrected chi connectivity index (χ1v) is 10.3. The summed E-state index contributed by atoms with van der Waals surface area (Å²) in [6, 6.07) is 0. The van der Waals surface area contributed by atoms with Crippen molar-refractivity contribution in [2.45, 2.75) is 65.4 Å². The van der Waals surface area contributed by atoms with Crippen LogP contribution in [0.5, 0.6) is 0 Å². The molecule has 1 N–H and O–H groups in total. The Morgan fingerprint density at radius 2 is 2.04 bits per heavy atom. The molecule has 0 aromatic heterocycles. The molecule has 0 aliphatic heterocycles. The third-order valence-electron chi connectivity index (χ3n) is 9.04. The molecule has 0 heterocycles. The summed E-state index contributed by atoms with van der Waals surface area (Å²) in [5.41, 5.74) is 1.85. The number of allylic oxidation sites excluding steroid dienone is 1. The van der Waals surface area contributed by atoms with Crippen LogP contribution < -0.4 is 0 Å². The summed E-state index contributed by atoms with van der Waals surface area (Å²) in [6.45, 7) is 7.00. The van der Waals surface area contributed by atoms with Crippen molar-refractivity contribution in [3.63, 3.8) is 0 Å². The molecule has 24 heavy (non-hydrogen) atoms. The molecule has 0 amide bonds. The third kappa shape index (κ3) is 1.90. The summed E-state index contributed by atoms with van der Waals surface area (Å²) in [7, 11) is 0. The molecular weight excluding hydrogens is 296 g/mol. The van der Waals surface area contributed by atoms with Crippen molar-refractivity contribution in [3.05, 3.63) is 11.6 Å². The van der Waals surface area contributed by atoms with E-state index in [9.17, 15) is 9.90 Å². The minimum atomic E-state index is -0.145. The molecule has 0 spiro atoms. The van der Waals surface area contributed by atoms with Gasteiger partial charge in [0.25, 0.3) is 0 Å². The fraction of sp³-hybridized carbons (Fsp3) is 0.864. The van der Waals surface area contributed by atoms with Crippen molar-refractivity contribution < 1.29 is 9.90 Å². The van der Waals surface area contributed by atoms with Gasteiger partial charge in [-0.05, 0) is 97.9 Å². The minimum absolute atomic E-state index is 0.145. The quantitative estimate of drug-likeness (QED) is 0.782. The SMILES string of the molecule is C[C@@H]1CC2=CC(=O)CC[C@@H]2[C@H]2CC[C@@]3(C)[C@H]([C@H]4C[C@H]4[C@@H]3[C@@H](C)O)[C@@H]21. The molecule has 5 aliphatic carbocycles. The molecule has 0 aromatic carbocycles. The molecule has 2 nitrogen and oxygen atoms in total. The standard InChI is InChI=1S/C22H32O2/c1-11-8-13-9-14(24)4-5-15(13)16-6-7-22(3)20(12(2)23)17-10-18(17)21(22)19(11)16/h9,11-12,15-21,23H,4-8,10H2,1-3H3/t11-,12-,15+,16-,17-,18+,19-,20+,21-,22-/m1/s1. The first kappa shape index (κ1) is 15.6. The highest BCUT2D eigenvalue weighted by atomic mass is 16.3. The Morgan fingerprint density at radius 3 is 2.79 bits per heavy atom. The predicted molar refractivity (Wildman–Crippen MR) is 94.2 cm³/mol. The molecule has 0 radical (unpaired) electrons. The summed E-state index contributed by atoms with van der Waals surface area (Å²) in [4.78, 5) is 11.9. The lowest BCUT2D eigenvalue weighted by molar-refractivity contribution is -0.117. The molecule has 0 bridgehead atoms. The van der Waals surface area contributed by atoms with E-state index in [1.54, 1.807) is 0 Å². The molecule has 132 valence electrons. The smallest absolute Gasteiger partial charge is 0.155 e. The lowest BCUT2D eigenvalue weighted by Gasteiger charge is -2.57. The summed E-state index contributed by atoms with van der Waals surface area (Å²) >= 11 is 0. The molecule has 4 saturated carbocycles. The fourth-order valence-corrected chi connectivity index (χ4v) is 8.49. The molecule has 0 aromatic rings. The van der Waals surface area contributed by atoms with Gasteiger partial charge in [-0.2, -0.15) is 0 Å². The fourth-order valence-electron chi connectivity index (χ4n) is 8.49. The number of aliphatic hydroxyl groups is 1. The Hall–Kier alpha value is -0.630. The van der Waals surface area contributed by atoms with Gasteiger partial charge < -0.3 is 5.11 Å². The maximum absolute atomic E-state index is 11.9. The number of rotatable bonds is 1. The van der Waals surface area contributed by atoms with Crippen LogP contribution in [-0.2, 0) is 4.79 Å². The maximum atomic E-state index is 11.9. The van der Waals surface area contributed by atoms with Gasteiger partial charge in [-0.1, -0.05) is 19.4 Å². The largest absolute Gasteiger partial charge is 0.393 e. The molecule has 5 aliphatic rings. The molecule has 2 heteroatoms. The van der Waals surface area contributed by atoms with Crippen LogP contribution in [0.2, 0.25) is 0 Å². The van der Waals surface area contributed by atoms with Crippen LogP contribution >= 0.6 is 0 Å². The van der Waals surface area contributed by atoms with Gasteiger partial charge in [-0.3, -0.25) is 4.79 Å². The zero-order valence-corrected chi connectivity index (χ0v) is 15.4. The molecule has 0 saturated heterocycles. The summed E-state index contributed by atoms with van der Waals surface area (Å²) < 4.78 is 0. The van der Waals surface area contributed by atoms with Crippen LogP contribution in [0.1, 0.15) is 59.3 Å². The van der Waals surface area contributed by atoms with Crippen LogP contribution in [0, 0.1) is 52.8 Å². The number of fused-ring (bicyclic) bond motifs is 7. The Morgan fingerprint density at radius 1 is 1.25 bits per heavy atom. The van der Waals surface area contributed by atoms with Gasteiger partial charge in [0.05, 0.1) is 6.10 Å². The number of carbonyl (C=O) groups is 1. The van der Waals surface area contributed by atoms with Gasteiger partial charge in [0.2, 0.25) is 0 Å². The monoisotopic (exact) mass is 328 g/mol. The minimum Gasteiger partial charge on any atom is -0.393 e. The van der Waals surface area contributed by atoms with Gasteiger partial charge in [-0.25, -0.2) is 0 Å². The second kappa shape index (κ2) is 4.96. The van der Waals surface area contributed by atoms with Crippen LogP contribution in [0.3, 0.4) is 0 Å². The zero-order chi connectivity index (χ0) is 16.8. The lowest BCUT2D eigenvalue weighted by atomic mass is 9.47. The molecule has 4 fully saturated rings. The summed E-state index contributed by atoms with van der Waals surface area (Å²) in [6.07, 6.45) is 8.90. The second-order valence-corrected chi connectivity index (χ2v) is 10.2. The van der Waals surface area contributed by atoms with E-state index < -0.39 is 0 Å². The molecular formula is C22H32O2. The van der Waals surface area contributed by atoms with Crippen molar-refractivity contribution in [3.8, 4) is 0 Å². The average molecular weight is 328 g/mol. The van der Waals surface area contributed by atoms with Crippen molar-refractivity contribution in [2.75, 3.05) is 0 Å². The summed E-state index contributed by atoms with van der Waals surface area (Å²) in [5, 5.41) is 10.5. The van der Waals surface area contributed by atoms with Crippen LogP contribution in [0.25, 0.3) is 0 Å². The van der Waals surface area contributed by atoms with Gasteiger partial charge >= 0.3 is 0 Å². The van der Waals surface area contributed by atoms with Crippen molar-refractivity contribution in [1.82, 2.24) is 0 Å². The van der Waals surface area contributed by atoms with E-state index in [2.05, 4.69) is 13.8 Å². The second-order valence-electron chi connectivity index (χ2n) is 10.2. The van der Waals surface area contributed by atoms with Crippen molar-refractivity contribution in [1.29, 1.82) is 0 Å². The van der Waals surface area contributed by atoms with Crippen molar-refractivity contribution >= 4 is 5.78 Å². The normalized spacial score (nSPS) is 56.5. The number of ketones is 1. The third-order valence-corrected chi connectivity index (χ3v) is 9.04. The van der Waals surface area contributed by atoms with Crippen LogP contribution in [-0.4, -0.2) is 17.0 Å². The number of hydrogen-bond acceptors (Lipinski definition) is 2. The maximum Gasteiger partial charge on any atom is 0.155 e. The van der Waals surface area contributed by atoms with E-state index >= 15 is 0 Å². The van der Waals surface area contributed by atoms with Gasteiger partial charge in [0.15, 0.2) is 5.78 Å². The van der Waals surface area contributed by atoms with Crippen LogP contribution in [0.4, 0.5) is 0 Å². The summed E-state index contributed by atoms with van der Waals surface area (Å²) in [5.74, 6) is 6.46. The van der Waals surface area contributed by atoms with Gasteiger partial charge in [0, 0.05) is 6.42 Å². The molecule has 0 unspecified atom stereocenters.